The van der Waals surface area contributed by atoms with Gasteiger partial charge in [-0.05, 0) is 51.0 Å². The largest absolute Gasteiger partial charge is 0.394 e. The lowest BCUT2D eigenvalue weighted by atomic mass is 10.2. The zero-order valence-electron chi connectivity index (χ0n) is 15.3. The van der Waals surface area contributed by atoms with Gasteiger partial charge in [0.2, 0.25) is 5.95 Å². The van der Waals surface area contributed by atoms with Crippen molar-refractivity contribution >= 4 is 44.5 Å². The van der Waals surface area contributed by atoms with Crippen LogP contribution in [0.15, 0.2) is 28.7 Å². The maximum Gasteiger partial charge on any atom is 0.229 e. The molecule has 0 amide bonds. The molecular formula is C18H22BrN7O. The fourth-order valence-corrected chi connectivity index (χ4v) is 3.61. The smallest absolute Gasteiger partial charge is 0.229 e. The van der Waals surface area contributed by atoms with E-state index in [-0.39, 0.29) is 18.7 Å². The number of nitrogens with zero attached hydrogens (tertiary/aromatic N) is 6. The van der Waals surface area contributed by atoms with Gasteiger partial charge in [0.15, 0.2) is 17.0 Å². The van der Waals surface area contributed by atoms with E-state index in [1.165, 1.54) is 0 Å². The molecule has 0 bridgehead atoms. The lowest BCUT2D eigenvalue weighted by Gasteiger charge is -2.23. The highest BCUT2D eigenvalue weighted by Gasteiger charge is 2.28. The van der Waals surface area contributed by atoms with Gasteiger partial charge in [0.1, 0.15) is 0 Å². The van der Waals surface area contributed by atoms with Crippen molar-refractivity contribution in [2.75, 3.05) is 23.4 Å². The minimum Gasteiger partial charge on any atom is -0.394 e. The van der Waals surface area contributed by atoms with Gasteiger partial charge in [-0.1, -0.05) is 21.1 Å². The number of benzene rings is 1. The van der Waals surface area contributed by atoms with Crippen molar-refractivity contribution in [2.45, 2.75) is 38.8 Å². The Morgan fingerprint density at radius 1 is 1.26 bits per heavy atom. The van der Waals surface area contributed by atoms with Crippen molar-refractivity contribution < 1.29 is 5.11 Å². The molecule has 3 heterocycles. The van der Waals surface area contributed by atoms with Crippen LogP contribution in [0.2, 0.25) is 0 Å². The van der Waals surface area contributed by atoms with Crippen molar-refractivity contribution in [2.24, 2.45) is 0 Å². The molecule has 0 saturated carbocycles. The van der Waals surface area contributed by atoms with Crippen molar-refractivity contribution in [3.63, 3.8) is 0 Å². The molecule has 1 fully saturated rings. The van der Waals surface area contributed by atoms with E-state index in [1.807, 2.05) is 38.1 Å². The number of aliphatic hydroxyl groups is 1. The van der Waals surface area contributed by atoms with E-state index in [2.05, 4.69) is 36.5 Å². The van der Waals surface area contributed by atoms with Crippen LogP contribution < -0.4 is 10.2 Å². The zero-order chi connectivity index (χ0) is 19.0. The van der Waals surface area contributed by atoms with E-state index in [0.717, 1.165) is 29.5 Å². The summed E-state index contributed by atoms with van der Waals surface area (Å²) in [6.45, 7) is 5.02. The Bertz CT molecular complexity index is 941. The molecule has 1 aliphatic rings. The molecule has 2 N–H and O–H groups in total. The maximum atomic E-state index is 9.70. The number of fused-ring (bicyclic) bond motifs is 1. The summed E-state index contributed by atoms with van der Waals surface area (Å²) in [7, 11) is 0. The third-order valence-electron chi connectivity index (χ3n) is 4.75. The van der Waals surface area contributed by atoms with Gasteiger partial charge in [-0.3, -0.25) is 0 Å². The van der Waals surface area contributed by atoms with E-state index in [0.29, 0.717) is 22.9 Å². The summed E-state index contributed by atoms with van der Waals surface area (Å²) < 4.78 is 2.81. The van der Waals surface area contributed by atoms with E-state index in [9.17, 15) is 5.11 Å². The molecule has 27 heavy (non-hydrogen) atoms. The third kappa shape index (κ3) is 3.49. The van der Waals surface area contributed by atoms with Gasteiger partial charge in [-0.15, -0.1) is 5.10 Å². The number of rotatable bonds is 5. The quantitative estimate of drug-likeness (QED) is 0.640. The average molecular weight is 432 g/mol. The van der Waals surface area contributed by atoms with Crippen molar-refractivity contribution in [1.82, 2.24) is 25.0 Å². The predicted octanol–water partition coefficient (Wildman–Crippen LogP) is 3.27. The van der Waals surface area contributed by atoms with Crippen molar-refractivity contribution in [3.05, 3.63) is 28.7 Å². The van der Waals surface area contributed by atoms with E-state index >= 15 is 0 Å². The fraction of sp³-hybridized carbons (Fsp3) is 0.444. The second kappa shape index (κ2) is 7.40. The third-order valence-corrected chi connectivity index (χ3v) is 5.28. The highest BCUT2D eigenvalue weighted by molar-refractivity contribution is 9.10. The maximum absolute atomic E-state index is 9.70. The van der Waals surface area contributed by atoms with Gasteiger partial charge in [0.25, 0.3) is 0 Å². The Hall–Kier alpha value is -2.26. The average Bonchev–Trinajstić information content (AvgIpc) is 3.29. The van der Waals surface area contributed by atoms with Crippen LogP contribution in [0.25, 0.3) is 11.2 Å². The molecule has 1 aliphatic heterocycles. The summed E-state index contributed by atoms with van der Waals surface area (Å²) in [6, 6.07) is 8.05. The second-order valence-corrected chi connectivity index (χ2v) is 7.89. The van der Waals surface area contributed by atoms with Crippen LogP contribution in [0.4, 0.5) is 17.5 Å². The molecule has 0 radical (unpaired) electrons. The first-order valence-corrected chi connectivity index (χ1v) is 9.89. The highest BCUT2D eigenvalue weighted by Crippen LogP contribution is 2.29. The lowest BCUT2D eigenvalue weighted by molar-refractivity contribution is 0.265. The minimum atomic E-state index is 0.0476. The summed E-state index contributed by atoms with van der Waals surface area (Å²) in [5.41, 5.74) is 2.23. The Balaban J connectivity index is 1.81. The fourth-order valence-electron chi connectivity index (χ4n) is 3.34. The monoisotopic (exact) mass is 431 g/mol. The number of nitrogens with one attached hydrogen (secondary N) is 1. The zero-order valence-corrected chi connectivity index (χ0v) is 16.9. The molecule has 2 aromatic heterocycles. The van der Waals surface area contributed by atoms with E-state index in [1.54, 1.807) is 4.68 Å². The highest BCUT2D eigenvalue weighted by atomic mass is 79.9. The molecule has 142 valence electrons. The second-order valence-electron chi connectivity index (χ2n) is 6.98. The van der Waals surface area contributed by atoms with E-state index in [4.69, 9.17) is 9.97 Å². The van der Waals surface area contributed by atoms with Crippen LogP contribution in [0.5, 0.6) is 0 Å². The SMILES string of the molecule is CC(C)n1nnc2c(Nc3ccc(Br)cc3)nc(N3CCC[C@@H]3CO)nc21. The first kappa shape index (κ1) is 18.1. The summed E-state index contributed by atoms with van der Waals surface area (Å²) in [4.78, 5) is 11.6. The normalized spacial score (nSPS) is 17.2. The molecule has 0 unspecified atom stereocenters. The summed E-state index contributed by atoms with van der Waals surface area (Å²) in [5.74, 6) is 1.22. The Kier molecular flexibility index (Phi) is 4.96. The number of halogens is 1. The molecule has 1 aromatic carbocycles. The Morgan fingerprint density at radius 2 is 2.04 bits per heavy atom. The molecule has 4 rings (SSSR count). The molecule has 1 atom stereocenters. The van der Waals surface area contributed by atoms with Crippen LogP contribution in [-0.4, -0.2) is 49.3 Å². The summed E-state index contributed by atoms with van der Waals surface area (Å²) in [5, 5.41) is 21.6. The molecule has 9 heteroatoms. The molecule has 0 spiro atoms. The van der Waals surface area contributed by atoms with Gasteiger partial charge in [-0.25, -0.2) is 4.68 Å². The number of hydrogen-bond acceptors (Lipinski definition) is 7. The number of aromatic nitrogens is 5. The summed E-state index contributed by atoms with van der Waals surface area (Å²) in [6.07, 6.45) is 1.96. The van der Waals surface area contributed by atoms with Gasteiger partial charge in [0.05, 0.1) is 18.7 Å². The van der Waals surface area contributed by atoms with E-state index < -0.39 is 0 Å². The van der Waals surface area contributed by atoms with Crippen LogP contribution in [0.1, 0.15) is 32.7 Å². The number of hydrogen-bond donors (Lipinski definition) is 2. The molecule has 0 aliphatic carbocycles. The topological polar surface area (TPSA) is 92.0 Å². The number of aliphatic hydroxyl groups excluding tert-OH is 1. The Morgan fingerprint density at radius 3 is 2.74 bits per heavy atom. The predicted molar refractivity (Wildman–Crippen MR) is 108 cm³/mol. The number of anilines is 3. The lowest BCUT2D eigenvalue weighted by Crippen LogP contribution is -2.33. The first-order chi connectivity index (χ1) is 13.1. The van der Waals surface area contributed by atoms with Crippen LogP contribution >= 0.6 is 15.9 Å². The van der Waals surface area contributed by atoms with Gasteiger partial charge < -0.3 is 15.3 Å². The molecular weight excluding hydrogens is 410 g/mol. The Labute approximate surface area is 165 Å². The van der Waals surface area contributed by atoms with Crippen LogP contribution in [0.3, 0.4) is 0 Å². The molecule has 8 nitrogen and oxygen atoms in total. The van der Waals surface area contributed by atoms with Gasteiger partial charge in [0, 0.05) is 16.7 Å². The van der Waals surface area contributed by atoms with Gasteiger partial charge in [-0.2, -0.15) is 9.97 Å². The molecule has 1 saturated heterocycles. The summed E-state index contributed by atoms with van der Waals surface area (Å²) >= 11 is 3.45. The van der Waals surface area contributed by atoms with Crippen LogP contribution in [-0.2, 0) is 0 Å². The molecule has 3 aromatic rings. The van der Waals surface area contributed by atoms with Crippen LogP contribution in [0, 0.1) is 0 Å². The van der Waals surface area contributed by atoms with Gasteiger partial charge >= 0.3 is 0 Å². The van der Waals surface area contributed by atoms with Crippen molar-refractivity contribution in [3.8, 4) is 0 Å². The first-order valence-electron chi connectivity index (χ1n) is 9.10. The minimum absolute atomic E-state index is 0.0476. The van der Waals surface area contributed by atoms with Crippen molar-refractivity contribution in [1.29, 1.82) is 0 Å². The standard InChI is InChI=1S/C18H22BrN7O/c1-11(2)26-17-15(23-24-26)16(20-13-7-5-12(19)6-8-13)21-18(22-17)25-9-3-4-14(25)10-27/h5-8,11,14,27H,3-4,9-10H2,1-2H3,(H,20,21,22)/t14-/m1/s1.